The van der Waals surface area contributed by atoms with Crippen LogP contribution in [-0.2, 0) is 24.8 Å². The smallest absolute Gasteiger partial charge is 0.229 e. The topological polar surface area (TPSA) is 28.5 Å². The lowest BCUT2D eigenvalue weighted by Crippen LogP contribution is -2.49. The largest absolute Gasteiger partial charge is 0.350 e. The molecule has 3 aromatic rings. The zero-order chi connectivity index (χ0) is 22.0. The van der Waals surface area contributed by atoms with Gasteiger partial charge in [0.25, 0.3) is 0 Å². The summed E-state index contributed by atoms with van der Waals surface area (Å²) in [6.07, 6.45) is 10.4. The van der Waals surface area contributed by atoms with E-state index in [-0.39, 0.29) is 5.41 Å². The van der Waals surface area contributed by atoms with Crippen molar-refractivity contribution in [1.29, 1.82) is 0 Å². The van der Waals surface area contributed by atoms with Crippen molar-refractivity contribution in [2.75, 3.05) is 26.2 Å². The molecule has 2 aliphatic rings. The van der Waals surface area contributed by atoms with Gasteiger partial charge in [-0.3, -0.25) is 9.69 Å². The van der Waals surface area contributed by atoms with Crippen molar-refractivity contribution in [3.05, 3.63) is 84.1 Å². The first kappa shape index (κ1) is 21.0. The minimum atomic E-state index is -0.223. The van der Waals surface area contributed by atoms with Crippen LogP contribution in [0.2, 0.25) is 0 Å². The molecule has 1 amide bonds. The first-order chi connectivity index (χ1) is 15.6. The molecule has 1 aromatic heterocycles. The Morgan fingerprint density at radius 3 is 2.50 bits per heavy atom. The Labute approximate surface area is 191 Å². The predicted molar refractivity (Wildman–Crippen MR) is 130 cm³/mol. The number of piperidine rings is 1. The Morgan fingerprint density at radius 1 is 0.938 bits per heavy atom. The van der Waals surface area contributed by atoms with Crippen LogP contribution in [-0.4, -0.2) is 46.5 Å². The van der Waals surface area contributed by atoms with Crippen LogP contribution in [0.1, 0.15) is 30.4 Å². The Balaban J connectivity index is 1.25. The highest BCUT2D eigenvalue weighted by atomic mass is 16.2. The first-order valence-corrected chi connectivity index (χ1v) is 11.9. The fourth-order valence-corrected chi connectivity index (χ4v) is 5.47. The van der Waals surface area contributed by atoms with E-state index in [9.17, 15) is 4.79 Å². The lowest BCUT2D eigenvalue weighted by Gasteiger charge is -2.42. The summed E-state index contributed by atoms with van der Waals surface area (Å²) in [4.78, 5) is 18.3. The second-order valence-corrected chi connectivity index (χ2v) is 9.50. The van der Waals surface area contributed by atoms with E-state index < -0.39 is 0 Å². The Kier molecular flexibility index (Phi) is 5.88. The van der Waals surface area contributed by atoms with Crippen LogP contribution in [0.15, 0.2) is 72.9 Å². The molecule has 0 bridgehead atoms. The number of hydrogen-bond donors (Lipinski definition) is 0. The molecule has 1 spiro atoms. The summed E-state index contributed by atoms with van der Waals surface area (Å²) in [5.74, 6) is 0.364. The highest BCUT2D eigenvalue weighted by Gasteiger charge is 2.43. The molecular weight excluding hydrogens is 394 g/mol. The van der Waals surface area contributed by atoms with Crippen molar-refractivity contribution >= 4 is 16.8 Å². The number of carbonyl (C=O) groups is 1. The molecule has 5 rings (SSSR count). The molecule has 0 unspecified atom stereocenters. The highest BCUT2D eigenvalue weighted by molar-refractivity contribution is 5.84. The maximum absolute atomic E-state index is 13.7. The second-order valence-electron chi connectivity index (χ2n) is 9.50. The third kappa shape index (κ3) is 4.12. The normalized spacial score (nSPS) is 19.0. The number of aromatic nitrogens is 1. The first-order valence-electron chi connectivity index (χ1n) is 11.9. The number of allylic oxidation sites excluding steroid dienone is 1. The summed E-state index contributed by atoms with van der Waals surface area (Å²) in [5.41, 5.74) is 3.75. The van der Waals surface area contributed by atoms with E-state index in [2.05, 4.69) is 88.3 Å². The van der Waals surface area contributed by atoms with Gasteiger partial charge < -0.3 is 9.47 Å². The Morgan fingerprint density at radius 2 is 1.69 bits per heavy atom. The Bertz CT molecular complexity index is 1110. The summed E-state index contributed by atoms with van der Waals surface area (Å²) in [5, 5.41) is 1.34. The zero-order valence-electron chi connectivity index (χ0n) is 19.0. The third-order valence-electron chi connectivity index (χ3n) is 7.44. The molecule has 1 fully saturated rings. The monoisotopic (exact) mass is 427 g/mol. The van der Waals surface area contributed by atoms with Crippen LogP contribution < -0.4 is 0 Å². The van der Waals surface area contributed by atoms with Gasteiger partial charge in [-0.25, -0.2) is 0 Å². The van der Waals surface area contributed by atoms with Crippen LogP contribution in [0.3, 0.4) is 0 Å². The molecular formula is C28H33N3O. The van der Waals surface area contributed by atoms with Gasteiger partial charge in [-0.15, -0.1) is 0 Å². The quantitative estimate of drug-likeness (QED) is 0.548. The minimum absolute atomic E-state index is 0.223. The summed E-state index contributed by atoms with van der Waals surface area (Å²) in [7, 11) is 2.12. The highest BCUT2D eigenvalue weighted by Crippen LogP contribution is 2.39. The van der Waals surface area contributed by atoms with Gasteiger partial charge in [0.2, 0.25) is 5.91 Å². The fraction of sp³-hybridized carbons (Fsp3) is 0.393. The number of rotatable bonds is 5. The number of para-hydroxylation sites is 1. The number of fused-ring (bicyclic) bond motifs is 1. The van der Waals surface area contributed by atoms with E-state index in [0.29, 0.717) is 5.91 Å². The van der Waals surface area contributed by atoms with Crippen LogP contribution in [0.5, 0.6) is 0 Å². The number of benzene rings is 2. The van der Waals surface area contributed by atoms with Crippen LogP contribution >= 0.6 is 0 Å². The molecule has 166 valence electrons. The van der Waals surface area contributed by atoms with Gasteiger partial charge in [0.05, 0.1) is 5.41 Å². The standard InChI is InChI=1S/C28H33N3O/c1-29-21-24(25-11-5-6-12-26(25)29)22-30-19-15-28(16-20-30)14-7-8-17-31(27(28)32)18-13-23-9-3-2-4-10-23/h2-12,21H,13-20,22H2,1H3. The SMILES string of the molecule is Cn1cc(CN2CCC3(CC=CCN(CCc4ccccc4)C3=O)CC2)c2ccccc21. The lowest BCUT2D eigenvalue weighted by molar-refractivity contribution is -0.144. The summed E-state index contributed by atoms with van der Waals surface area (Å²) in [6, 6.07) is 19.1. The van der Waals surface area contributed by atoms with Crippen LogP contribution in [0.4, 0.5) is 0 Å². The van der Waals surface area contributed by atoms with E-state index in [1.54, 1.807) is 0 Å². The number of hydrogen-bond acceptors (Lipinski definition) is 2. The molecule has 2 aliphatic heterocycles. The summed E-state index contributed by atoms with van der Waals surface area (Å²) < 4.78 is 2.22. The van der Waals surface area contributed by atoms with E-state index in [1.807, 2.05) is 6.07 Å². The van der Waals surface area contributed by atoms with Crippen LogP contribution in [0, 0.1) is 5.41 Å². The second kappa shape index (κ2) is 8.95. The molecule has 4 heteroatoms. The van der Waals surface area contributed by atoms with E-state index in [4.69, 9.17) is 0 Å². The molecule has 0 aliphatic carbocycles. The van der Waals surface area contributed by atoms with Crippen molar-refractivity contribution < 1.29 is 4.79 Å². The van der Waals surface area contributed by atoms with Crippen molar-refractivity contribution in [2.45, 2.75) is 32.2 Å². The molecule has 0 N–H and O–H groups in total. The van der Waals surface area contributed by atoms with Gasteiger partial charge in [-0.05, 0) is 56.0 Å². The molecule has 1 saturated heterocycles. The zero-order valence-corrected chi connectivity index (χ0v) is 19.0. The molecule has 0 saturated carbocycles. The van der Waals surface area contributed by atoms with E-state index >= 15 is 0 Å². The summed E-state index contributed by atoms with van der Waals surface area (Å²) >= 11 is 0. The average molecular weight is 428 g/mol. The van der Waals surface area contributed by atoms with E-state index in [0.717, 1.165) is 58.4 Å². The predicted octanol–water partition coefficient (Wildman–Crippen LogP) is 4.79. The minimum Gasteiger partial charge on any atom is -0.350 e. The fourth-order valence-electron chi connectivity index (χ4n) is 5.47. The molecule has 3 heterocycles. The molecule has 2 aromatic carbocycles. The summed E-state index contributed by atoms with van der Waals surface area (Å²) in [6.45, 7) is 4.46. The van der Waals surface area contributed by atoms with Gasteiger partial charge in [0, 0.05) is 43.8 Å². The molecule has 32 heavy (non-hydrogen) atoms. The number of likely N-dealkylation sites (tertiary alicyclic amines) is 1. The number of nitrogens with zero attached hydrogens (tertiary/aromatic N) is 3. The van der Waals surface area contributed by atoms with Crippen LogP contribution in [0.25, 0.3) is 10.9 Å². The van der Waals surface area contributed by atoms with E-state index in [1.165, 1.54) is 22.0 Å². The van der Waals surface area contributed by atoms with Crippen molar-refractivity contribution in [3.63, 3.8) is 0 Å². The number of carbonyl (C=O) groups excluding carboxylic acids is 1. The third-order valence-corrected chi connectivity index (χ3v) is 7.44. The maximum Gasteiger partial charge on any atom is 0.229 e. The van der Waals surface area contributed by atoms with Gasteiger partial charge in [-0.1, -0.05) is 60.7 Å². The number of amides is 1. The average Bonchev–Trinajstić information content (AvgIpc) is 3.06. The van der Waals surface area contributed by atoms with Crippen molar-refractivity contribution in [2.24, 2.45) is 12.5 Å². The molecule has 0 radical (unpaired) electrons. The Hall–Kier alpha value is -2.85. The van der Waals surface area contributed by atoms with Gasteiger partial charge in [-0.2, -0.15) is 0 Å². The molecule has 4 nitrogen and oxygen atoms in total. The van der Waals surface area contributed by atoms with Gasteiger partial charge >= 0.3 is 0 Å². The number of aryl methyl sites for hydroxylation is 1. The maximum atomic E-state index is 13.7. The van der Waals surface area contributed by atoms with Crippen molar-refractivity contribution in [3.8, 4) is 0 Å². The van der Waals surface area contributed by atoms with Gasteiger partial charge in [0.1, 0.15) is 0 Å². The van der Waals surface area contributed by atoms with Crippen molar-refractivity contribution in [1.82, 2.24) is 14.4 Å². The van der Waals surface area contributed by atoms with Gasteiger partial charge in [0.15, 0.2) is 0 Å². The molecule has 0 atom stereocenters. The lowest BCUT2D eigenvalue weighted by atomic mass is 9.74.